The maximum atomic E-state index is 12.5. The first-order valence-electron chi connectivity index (χ1n) is 6.59. The smallest absolute Gasteiger partial charge is 0.266 e. The van der Waals surface area contributed by atoms with Gasteiger partial charge in [0.2, 0.25) is 0 Å². The standard InChI is InChI=1S/C16H13BrN2O2/c1-2-9-3-5-11(8-14(9)18)19-15(20)12-6-4-10(17)7-13(12)16(19)21/h3-8H,2,18H2,1H3. The first kappa shape index (κ1) is 13.8. The minimum atomic E-state index is -0.319. The van der Waals surface area contributed by atoms with Crippen LogP contribution < -0.4 is 10.6 Å². The molecule has 0 spiro atoms. The van der Waals surface area contributed by atoms with Crippen molar-refractivity contribution >= 4 is 39.1 Å². The molecule has 1 heterocycles. The van der Waals surface area contributed by atoms with Crippen LogP contribution in [0.2, 0.25) is 0 Å². The van der Waals surface area contributed by atoms with Crippen molar-refractivity contribution < 1.29 is 9.59 Å². The molecule has 0 aromatic heterocycles. The number of rotatable bonds is 2. The highest BCUT2D eigenvalue weighted by atomic mass is 79.9. The summed E-state index contributed by atoms with van der Waals surface area (Å²) >= 11 is 3.32. The average molecular weight is 345 g/mol. The highest BCUT2D eigenvalue weighted by molar-refractivity contribution is 9.10. The average Bonchev–Trinajstić information content (AvgIpc) is 2.70. The Kier molecular flexibility index (Phi) is 3.29. The molecule has 0 radical (unpaired) electrons. The van der Waals surface area contributed by atoms with Crippen molar-refractivity contribution in [3.05, 3.63) is 57.6 Å². The van der Waals surface area contributed by atoms with Crippen LogP contribution in [-0.4, -0.2) is 11.8 Å². The fraction of sp³-hybridized carbons (Fsp3) is 0.125. The van der Waals surface area contributed by atoms with Gasteiger partial charge in [0, 0.05) is 10.2 Å². The summed E-state index contributed by atoms with van der Waals surface area (Å²) in [5.74, 6) is -0.633. The van der Waals surface area contributed by atoms with Crippen molar-refractivity contribution in [2.24, 2.45) is 0 Å². The van der Waals surface area contributed by atoms with E-state index in [1.165, 1.54) is 4.90 Å². The molecule has 3 rings (SSSR count). The van der Waals surface area contributed by atoms with Crippen LogP contribution in [0.3, 0.4) is 0 Å². The number of carbonyl (C=O) groups excluding carboxylic acids is 2. The van der Waals surface area contributed by atoms with Gasteiger partial charge in [-0.05, 0) is 42.3 Å². The van der Waals surface area contributed by atoms with Crippen LogP contribution in [0.4, 0.5) is 11.4 Å². The Hall–Kier alpha value is -2.14. The number of benzene rings is 2. The van der Waals surface area contributed by atoms with E-state index in [0.29, 0.717) is 22.5 Å². The first-order valence-corrected chi connectivity index (χ1v) is 7.39. The van der Waals surface area contributed by atoms with Crippen LogP contribution in [0.5, 0.6) is 0 Å². The summed E-state index contributed by atoms with van der Waals surface area (Å²) in [6, 6.07) is 10.4. The summed E-state index contributed by atoms with van der Waals surface area (Å²) < 4.78 is 0.769. The Morgan fingerprint density at radius 3 is 2.43 bits per heavy atom. The van der Waals surface area contributed by atoms with Crippen molar-refractivity contribution in [2.75, 3.05) is 10.6 Å². The maximum Gasteiger partial charge on any atom is 0.266 e. The molecule has 5 heteroatoms. The zero-order chi connectivity index (χ0) is 15.1. The Morgan fingerprint density at radius 2 is 1.76 bits per heavy atom. The lowest BCUT2D eigenvalue weighted by molar-refractivity contribution is 0.0926. The number of nitrogens with zero attached hydrogens (tertiary/aromatic N) is 1. The van der Waals surface area contributed by atoms with Crippen molar-refractivity contribution in [2.45, 2.75) is 13.3 Å². The number of amides is 2. The number of hydrogen-bond acceptors (Lipinski definition) is 3. The number of aryl methyl sites for hydroxylation is 1. The molecule has 21 heavy (non-hydrogen) atoms. The Balaban J connectivity index is 2.07. The molecular formula is C16H13BrN2O2. The van der Waals surface area contributed by atoms with Gasteiger partial charge in [0.05, 0.1) is 16.8 Å². The molecule has 106 valence electrons. The van der Waals surface area contributed by atoms with Crippen molar-refractivity contribution in [3.8, 4) is 0 Å². The lowest BCUT2D eigenvalue weighted by Crippen LogP contribution is -2.29. The van der Waals surface area contributed by atoms with E-state index >= 15 is 0 Å². The van der Waals surface area contributed by atoms with E-state index in [1.54, 1.807) is 30.3 Å². The van der Waals surface area contributed by atoms with E-state index in [9.17, 15) is 9.59 Å². The molecule has 4 nitrogen and oxygen atoms in total. The Morgan fingerprint density at radius 1 is 1.05 bits per heavy atom. The molecule has 1 aliphatic rings. The SMILES string of the molecule is CCc1ccc(N2C(=O)c3ccc(Br)cc3C2=O)cc1N. The summed E-state index contributed by atoms with van der Waals surface area (Å²) in [5.41, 5.74) is 8.89. The highest BCUT2D eigenvalue weighted by Gasteiger charge is 2.36. The van der Waals surface area contributed by atoms with E-state index < -0.39 is 0 Å². The predicted octanol–water partition coefficient (Wildman–Crippen LogP) is 3.39. The zero-order valence-electron chi connectivity index (χ0n) is 11.4. The quantitative estimate of drug-likeness (QED) is 0.670. The predicted molar refractivity (Wildman–Crippen MR) is 85.5 cm³/mol. The van der Waals surface area contributed by atoms with Gasteiger partial charge < -0.3 is 5.73 Å². The second-order valence-corrected chi connectivity index (χ2v) is 5.79. The summed E-state index contributed by atoms with van der Waals surface area (Å²) in [4.78, 5) is 26.1. The topological polar surface area (TPSA) is 63.4 Å². The minimum Gasteiger partial charge on any atom is -0.398 e. The molecule has 2 aromatic carbocycles. The van der Waals surface area contributed by atoms with Gasteiger partial charge in [-0.3, -0.25) is 9.59 Å². The fourth-order valence-corrected chi connectivity index (χ4v) is 2.85. The van der Waals surface area contributed by atoms with E-state index in [-0.39, 0.29) is 11.8 Å². The van der Waals surface area contributed by atoms with Gasteiger partial charge in [-0.15, -0.1) is 0 Å². The Bertz CT molecular complexity index is 771. The zero-order valence-corrected chi connectivity index (χ0v) is 13.0. The third-order valence-corrected chi connectivity index (χ3v) is 4.11. The van der Waals surface area contributed by atoms with Crippen LogP contribution in [-0.2, 0) is 6.42 Å². The highest BCUT2D eigenvalue weighted by Crippen LogP contribution is 2.31. The number of carbonyl (C=O) groups is 2. The van der Waals surface area contributed by atoms with Gasteiger partial charge in [0.15, 0.2) is 0 Å². The van der Waals surface area contributed by atoms with E-state index in [1.807, 2.05) is 13.0 Å². The molecular weight excluding hydrogens is 332 g/mol. The summed E-state index contributed by atoms with van der Waals surface area (Å²) in [7, 11) is 0. The lowest BCUT2D eigenvalue weighted by Gasteiger charge is -2.15. The molecule has 2 amide bonds. The van der Waals surface area contributed by atoms with Crippen molar-refractivity contribution in [1.82, 2.24) is 0 Å². The third kappa shape index (κ3) is 2.14. The third-order valence-electron chi connectivity index (χ3n) is 3.62. The molecule has 0 saturated carbocycles. The molecule has 0 saturated heterocycles. The molecule has 2 aromatic rings. The number of hydrogen-bond donors (Lipinski definition) is 1. The largest absolute Gasteiger partial charge is 0.398 e. The number of nitrogen functional groups attached to an aromatic ring is 1. The van der Waals surface area contributed by atoms with E-state index in [4.69, 9.17) is 5.73 Å². The molecule has 0 aliphatic carbocycles. The number of anilines is 2. The van der Waals surface area contributed by atoms with Crippen molar-refractivity contribution in [3.63, 3.8) is 0 Å². The maximum absolute atomic E-state index is 12.5. The van der Waals surface area contributed by atoms with Crippen LogP contribution in [0.15, 0.2) is 40.9 Å². The number of nitrogens with two attached hydrogens (primary N) is 1. The van der Waals surface area contributed by atoms with Gasteiger partial charge in [0.1, 0.15) is 0 Å². The first-order chi connectivity index (χ1) is 10.0. The summed E-state index contributed by atoms with van der Waals surface area (Å²) in [6.45, 7) is 2.00. The monoisotopic (exact) mass is 344 g/mol. The second kappa shape index (κ2) is 5.00. The second-order valence-electron chi connectivity index (χ2n) is 4.87. The van der Waals surface area contributed by atoms with Gasteiger partial charge in [-0.2, -0.15) is 0 Å². The summed E-state index contributed by atoms with van der Waals surface area (Å²) in [6.07, 6.45) is 0.807. The van der Waals surface area contributed by atoms with Gasteiger partial charge in [0.25, 0.3) is 11.8 Å². The number of halogens is 1. The van der Waals surface area contributed by atoms with Gasteiger partial charge in [-0.1, -0.05) is 28.9 Å². The normalized spacial score (nSPS) is 13.7. The van der Waals surface area contributed by atoms with Crippen molar-refractivity contribution in [1.29, 1.82) is 0 Å². The molecule has 0 fully saturated rings. The van der Waals surface area contributed by atoms with Gasteiger partial charge in [-0.25, -0.2) is 4.90 Å². The molecule has 0 bridgehead atoms. The van der Waals surface area contributed by atoms with Crippen LogP contribution in [0, 0.1) is 0 Å². The molecule has 1 aliphatic heterocycles. The molecule has 0 unspecified atom stereocenters. The van der Waals surface area contributed by atoms with E-state index in [0.717, 1.165) is 16.5 Å². The van der Waals surface area contributed by atoms with Crippen LogP contribution >= 0.6 is 15.9 Å². The molecule has 2 N–H and O–H groups in total. The van der Waals surface area contributed by atoms with Crippen LogP contribution in [0.25, 0.3) is 0 Å². The number of fused-ring (bicyclic) bond motifs is 1. The van der Waals surface area contributed by atoms with Gasteiger partial charge >= 0.3 is 0 Å². The van der Waals surface area contributed by atoms with Crippen LogP contribution in [0.1, 0.15) is 33.2 Å². The van der Waals surface area contributed by atoms with E-state index in [2.05, 4.69) is 15.9 Å². The Labute approximate surface area is 130 Å². The molecule has 0 atom stereocenters. The minimum absolute atomic E-state index is 0.314. The lowest BCUT2D eigenvalue weighted by atomic mass is 10.1. The fourth-order valence-electron chi connectivity index (χ4n) is 2.49. The number of imide groups is 1. The summed E-state index contributed by atoms with van der Waals surface area (Å²) in [5, 5.41) is 0.